The number of nitrogens with one attached hydrogen (secondary N) is 1. The predicted molar refractivity (Wildman–Crippen MR) is 65.0 cm³/mol. The summed E-state index contributed by atoms with van der Waals surface area (Å²) in [6.45, 7) is 6.49. The summed E-state index contributed by atoms with van der Waals surface area (Å²) < 4.78 is 1.57. The number of hydrogen-bond acceptors (Lipinski definition) is 2. The summed E-state index contributed by atoms with van der Waals surface area (Å²) in [4.78, 5) is 4.03. The van der Waals surface area contributed by atoms with E-state index in [0.717, 1.165) is 17.9 Å². The fourth-order valence-corrected chi connectivity index (χ4v) is 1.44. The van der Waals surface area contributed by atoms with Crippen molar-refractivity contribution >= 4 is 23.3 Å². The normalized spacial score (nSPS) is 11.5. The Bertz CT molecular complexity index is 393. The monoisotopic (exact) mass is 225 g/mol. The van der Waals surface area contributed by atoms with Gasteiger partial charge in [0.05, 0.1) is 5.69 Å². The van der Waals surface area contributed by atoms with E-state index in [2.05, 4.69) is 15.4 Å². The third-order valence-corrected chi connectivity index (χ3v) is 2.01. The van der Waals surface area contributed by atoms with Crippen molar-refractivity contribution in [1.29, 1.82) is 0 Å². The smallest absolute Gasteiger partial charge is 0.224 e. The molecule has 0 saturated carbocycles. The third-order valence-electron chi connectivity index (χ3n) is 1.77. The van der Waals surface area contributed by atoms with Gasteiger partial charge >= 0.3 is 0 Å². The minimum Gasteiger partial charge on any atom is -0.368 e. The first-order chi connectivity index (χ1) is 7.04. The largest absolute Gasteiger partial charge is 0.368 e. The minimum atomic E-state index is 0.284. The molecule has 0 bridgehead atoms. The molecule has 5 nitrogen and oxygen atoms in total. The van der Waals surface area contributed by atoms with Crippen LogP contribution in [0.4, 0.5) is 0 Å². The van der Waals surface area contributed by atoms with E-state index >= 15 is 0 Å². The van der Waals surface area contributed by atoms with Crippen molar-refractivity contribution in [3.8, 4) is 0 Å². The van der Waals surface area contributed by atoms with Gasteiger partial charge < -0.3 is 11.1 Å². The maximum atomic E-state index is 5.76. The van der Waals surface area contributed by atoms with E-state index < -0.39 is 0 Å². The Morgan fingerprint density at radius 1 is 1.67 bits per heavy atom. The molecule has 0 radical (unpaired) electrons. The van der Waals surface area contributed by atoms with Crippen LogP contribution >= 0.6 is 12.2 Å². The van der Waals surface area contributed by atoms with Crippen molar-refractivity contribution in [3.05, 3.63) is 17.5 Å². The highest BCUT2D eigenvalue weighted by atomic mass is 32.1. The van der Waals surface area contributed by atoms with Gasteiger partial charge in [-0.1, -0.05) is 0 Å². The number of hydrogen-bond donors (Lipinski definition) is 2. The summed E-state index contributed by atoms with van der Waals surface area (Å²) in [5.41, 5.74) is 7.60. The third kappa shape index (κ3) is 3.02. The highest BCUT2D eigenvalue weighted by molar-refractivity contribution is 7.80. The maximum absolute atomic E-state index is 5.76. The van der Waals surface area contributed by atoms with E-state index in [1.165, 1.54) is 0 Å². The lowest BCUT2D eigenvalue weighted by Crippen LogP contribution is -2.29. The van der Waals surface area contributed by atoms with E-state index in [1.807, 2.05) is 26.8 Å². The molecule has 0 unspecified atom stereocenters. The number of thiocarbonyl (C=S) groups is 1. The average Bonchev–Trinajstić information content (AvgIpc) is 2.45. The van der Waals surface area contributed by atoms with Gasteiger partial charge in [-0.25, -0.2) is 4.68 Å². The first kappa shape index (κ1) is 11.6. The predicted octanol–water partition coefficient (Wildman–Crippen LogP) is 0.557. The fraction of sp³-hybridized carbons (Fsp3) is 0.444. The molecule has 1 aromatic heterocycles. The molecule has 3 N–H and O–H groups in total. The number of nitrogens with two attached hydrogens (primary N) is 1. The van der Waals surface area contributed by atoms with Crippen LogP contribution in [0.3, 0.4) is 0 Å². The van der Waals surface area contributed by atoms with Crippen LogP contribution in [0.25, 0.3) is 0 Å². The first-order valence-electron chi connectivity index (χ1n) is 4.70. The van der Waals surface area contributed by atoms with Gasteiger partial charge in [-0.15, -0.1) is 0 Å². The van der Waals surface area contributed by atoms with Gasteiger partial charge in [0.1, 0.15) is 0 Å². The van der Waals surface area contributed by atoms with E-state index in [1.54, 1.807) is 4.68 Å². The molecule has 1 heterocycles. The molecular weight excluding hydrogens is 210 g/mol. The molecular formula is C9H15N5S. The van der Waals surface area contributed by atoms with Crippen LogP contribution in [-0.4, -0.2) is 27.4 Å². The van der Waals surface area contributed by atoms with Crippen LogP contribution in [0, 0.1) is 13.8 Å². The van der Waals surface area contributed by atoms with Gasteiger partial charge in [0.15, 0.2) is 5.11 Å². The second-order valence-corrected chi connectivity index (χ2v) is 3.53. The Morgan fingerprint density at radius 2 is 2.33 bits per heavy atom. The number of rotatable bonds is 1. The minimum absolute atomic E-state index is 0.284. The van der Waals surface area contributed by atoms with Gasteiger partial charge in [-0.2, -0.15) is 10.1 Å². The molecule has 0 saturated heterocycles. The molecule has 0 aliphatic carbocycles. The average molecular weight is 225 g/mol. The van der Waals surface area contributed by atoms with Crippen LogP contribution in [-0.2, 0) is 0 Å². The summed E-state index contributed by atoms with van der Waals surface area (Å²) in [5.74, 6) is 0.284. The lowest BCUT2D eigenvalue weighted by molar-refractivity contribution is 0.868. The van der Waals surface area contributed by atoms with Crippen LogP contribution in [0.5, 0.6) is 0 Å². The molecule has 6 heteroatoms. The van der Waals surface area contributed by atoms with Crippen molar-refractivity contribution in [2.75, 3.05) is 6.54 Å². The van der Waals surface area contributed by atoms with Gasteiger partial charge in [-0.3, -0.25) is 0 Å². The molecule has 0 aliphatic rings. The zero-order chi connectivity index (χ0) is 11.4. The van der Waals surface area contributed by atoms with Crippen molar-refractivity contribution in [3.63, 3.8) is 0 Å². The number of aryl methyl sites for hydroxylation is 2. The van der Waals surface area contributed by atoms with E-state index in [-0.39, 0.29) is 5.96 Å². The van der Waals surface area contributed by atoms with Crippen LogP contribution in [0.1, 0.15) is 18.3 Å². The van der Waals surface area contributed by atoms with Crippen LogP contribution < -0.4 is 11.1 Å². The van der Waals surface area contributed by atoms with Gasteiger partial charge in [-0.05, 0) is 39.1 Å². The van der Waals surface area contributed by atoms with E-state index in [4.69, 9.17) is 18.0 Å². The van der Waals surface area contributed by atoms with Crippen molar-refractivity contribution in [2.24, 2.45) is 10.7 Å². The molecule has 0 aromatic carbocycles. The zero-order valence-electron chi connectivity index (χ0n) is 9.11. The lowest BCUT2D eigenvalue weighted by Gasteiger charge is -2.04. The van der Waals surface area contributed by atoms with Gasteiger partial charge in [0.2, 0.25) is 5.96 Å². The summed E-state index contributed by atoms with van der Waals surface area (Å²) in [5, 5.41) is 7.47. The molecule has 0 atom stereocenters. The molecule has 15 heavy (non-hydrogen) atoms. The quantitative estimate of drug-likeness (QED) is 0.416. The SMILES string of the molecule is CCNC(=S)N=C(N)n1nc(C)cc1C. The maximum Gasteiger partial charge on any atom is 0.224 e. The fourth-order valence-electron chi connectivity index (χ4n) is 1.20. The van der Waals surface area contributed by atoms with Crippen molar-refractivity contribution < 1.29 is 0 Å². The van der Waals surface area contributed by atoms with Crippen molar-refractivity contribution in [2.45, 2.75) is 20.8 Å². The Kier molecular flexibility index (Phi) is 3.79. The van der Waals surface area contributed by atoms with Crippen LogP contribution in [0.2, 0.25) is 0 Å². The van der Waals surface area contributed by atoms with Gasteiger partial charge in [0, 0.05) is 12.2 Å². The summed E-state index contributed by atoms with van der Waals surface area (Å²) in [6.07, 6.45) is 0. The van der Waals surface area contributed by atoms with Crippen LogP contribution in [0.15, 0.2) is 11.1 Å². The molecule has 82 valence electrons. The summed E-state index contributed by atoms with van der Waals surface area (Å²) in [6, 6.07) is 1.93. The van der Waals surface area contributed by atoms with Crippen molar-refractivity contribution in [1.82, 2.24) is 15.1 Å². The number of aliphatic imine (C=N–C) groups is 1. The molecule has 0 amide bonds. The zero-order valence-corrected chi connectivity index (χ0v) is 9.93. The highest BCUT2D eigenvalue weighted by Crippen LogP contribution is 2.00. The molecule has 0 fully saturated rings. The second-order valence-electron chi connectivity index (χ2n) is 3.14. The van der Waals surface area contributed by atoms with E-state index in [0.29, 0.717) is 5.11 Å². The van der Waals surface area contributed by atoms with Gasteiger partial charge in [0.25, 0.3) is 0 Å². The molecule has 1 rings (SSSR count). The lowest BCUT2D eigenvalue weighted by atomic mass is 10.4. The Hall–Kier alpha value is -1.43. The topological polar surface area (TPSA) is 68.2 Å². The Morgan fingerprint density at radius 3 is 2.80 bits per heavy atom. The van der Waals surface area contributed by atoms with E-state index in [9.17, 15) is 0 Å². The summed E-state index contributed by atoms with van der Waals surface area (Å²) >= 11 is 4.96. The first-order valence-corrected chi connectivity index (χ1v) is 5.11. The standard InChI is InChI=1S/C9H15N5S/c1-4-11-9(15)12-8(10)14-7(3)5-6(2)13-14/h5H,4H2,1-3H3,(H3,10,11,12,15). The summed E-state index contributed by atoms with van der Waals surface area (Å²) in [7, 11) is 0. The number of nitrogens with zero attached hydrogens (tertiary/aromatic N) is 3. The Labute approximate surface area is 94.4 Å². The molecule has 1 aromatic rings. The second kappa shape index (κ2) is 4.88. The Balaban J connectivity index is 2.88. The number of aromatic nitrogens is 2. The molecule has 0 spiro atoms. The molecule has 0 aliphatic heterocycles. The highest BCUT2D eigenvalue weighted by Gasteiger charge is 2.04.